The van der Waals surface area contributed by atoms with E-state index in [2.05, 4.69) is 59.9 Å². The zero-order valence-corrected chi connectivity index (χ0v) is 12.7. The van der Waals surface area contributed by atoms with Crippen LogP contribution in [0, 0.1) is 28.1 Å². The van der Waals surface area contributed by atoms with Gasteiger partial charge >= 0.3 is 0 Å². The van der Waals surface area contributed by atoms with Crippen molar-refractivity contribution in [3.05, 3.63) is 0 Å². The van der Waals surface area contributed by atoms with Gasteiger partial charge < -0.3 is 5.32 Å². The van der Waals surface area contributed by atoms with Crippen molar-refractivity contribution in [2.24, 2.45) is 16.7 Å². The summed E-state index contributed by atoms with van der Waals surface area (Å²) in [4.78, 5) is 0. The Bertz CT molecular complexity index is 346. The first-order chi connectivity index (χ1) is 7.41. The van der Waals surface area contributed by atoms with Gasteiger partial charge in [-0.3, -0.25) is 0 Å². The molecular weight excluding hydrogens is 208 g/mol. The molecule has 2 unspecified atom stereocenters. The van der Waals surface area contributed by atoms with Crippen molar-refractivity contribution in [2.75, 3.05) is 0 Å². The summed E-state index contributed by atoms with van der Waals surface area (Å²) in [7, 11) is 0. The van der Waals surface area contributed by atoms with Gasteiger partial charge in [-0.05, 0) is 51.9 Å². The van der Waals surface area contributed by atoms with E-state index in [4.69, 9.17) is 5.26 Å². The highest BCUT2D eigenvalue weighted by Crippen LogP contribution is 2.61. The van der Waals surface area contributed by atoms with Crippen LogP contribution in [-0.2, 0) is 0 Å². The molecule has 2 nitrogen and oxygen atoms in total. The molecule has 2 heteroatoms. The van der Waals surface area contributed by atoms with Crippen molar-refractivity contribution < 1.29 is 0 Å². The maximum atomic E-state index is 9.11. The minimum absolute atomic E-state index is 0.0467. The van der Waals surface area contributed by atoms with Crippen LogP contribution in [0.3, 0.4) is 0 Å². The van der Waals surface area contributed by atoms with E-state index in [9.17, 15) is 0 Å². The fourth-order valence-corrected chi connectivity index (χ4v) is 3.71. The summed E-state index contributed by atoms with van der Waals surface area (Å²) in [5.74, 6) is 0.106. The molecule has 1 N–H and O–H groups in total. The zero-order chi connectivity index (χ0) is 13.7. The Labute approximate surface area is 107 Å². The molecule has 0 aromatic rings. The molecule has 1 heterocycles. The van der Waals surface area contributed by atoms with Gasteiger partial charge in [-0.2, -0.15) is 5.26 Å². The normalized spacial score (nSPS) is 35.2. The Morgan fingerprint density at radius 1 is 1.00 bits per heavy atom. The molecule has 0 aromatic carbocycles. The molecule has 1 aliphatic heterocycles. The number of hydrogen-bond acceptors (Lipinski definition) is 2. The molecule has 1 fully saturated rings. The molecule has 0 amide bonds. The second-order valence-electron chi connectivity index (χ2n) is 7.57. The molecule has 98 valence electrons. The van der Waals surface area contributed by atoms with Gasteiger partial charge in [-0.15, -0.1) is 0 Å². The van der Waals surface area contributed by atoms with E-state index in [1.807, 2.05) is 6.92 Å². The zero-order valence-electron chi connectivity index (χ0n) is 12.7. The maximum absolute atomic E-state index is 9.11. The van der Waals surface area contributed by atoms with Crippen molar-refractivity contribution in [3.8, 4) is 6.07 Å². The minimum atomic E-state index is 0.0467. The number of nitrogens with one attached hydrogen (secondary N) is 1. The van der Waals surface area contributed by atoms with E-state index >= 15 is 0 Å². The van der Waals surface area contributed by atoms with Crippen LogP contribution >= 0.6 is 0 Å². The average molecular weight is 236 g/mol. The summed E-state index contributed by atoms with van der Waals surface area (Å²) in [5, 5.41) is 12.9. The first-order valence-electron chi connectivity index (χ1n) is 6.60. The SMILES string of the molecule is CC(C#N)CC1(C)C(C)(C)NC(C)(C)C1(C)C. The van der Waals surface area contributed by atoms with Gasteiger partial charge in [0, 0.05) is 17.0 Å². The largest absolute Gasteiger partial charge is 0.306 e. The lowest BCUT2D eigenvalue weighted by Crippen LogP contribution is -2.49. The van der Waals surface area contributed by atoms with Gasteiger partial charge in [0.15, 0.2) is 0 Å². The molecule has 0 bridgehead atoms. The predicted molar refractivity (Wildman–Crippen MR) is 72.6 cm³/mol. The lowest BCUT2D eigenvalue weighted by molar-refractivity contribution is 0.0322. The van der Waals surface area contributed by atoms with Gasteiger partial charge in [0.2, 0.25) is 0 Å². The Morgan fingerprint density at radius 2 is 1.47 bits per heavy atom. The molecule has 0 radical (unpaired) electrons. The van der Waals surface area contributed by atoms with E-state index < -0.39 is 0 Å². The van der Waals surface area contributed by atoms with Crippen LogP contribution in [-0.4, -0.2) is 11.1 Å². The summed E-state index contributed by atoms with van der Waals surface area (Å²) in [5.41, 5.74) is 0.388. The summed E-state index contributed by atoms with van der Waals surface area (Å²) < 4.78 is 0. The molecule has 0 spiro atoms. The minimum Gasteiger partial charge on any atom is -0.306 e. The molecule has 0 saturated carbocycles. The number of hydrogen-bond donors (Lipinski definition) is 1. The molecule has 17 heavy (non-hydrogen) atoms. The third-order valence-corrected chi connectivity index (χ3v) is 5.88. The van der Waals surface area contributed by atoms with Crippen LogP contribution in [0.5, 0.6) is 0 Å². The van der Waals surface area contributed by atoms with Crippen molar-refractivity contribution >= 4 is 0 Å². The van der Waals surface area contributed by atoms with Gasteiger partial charge in [-0.25, -0.2) is 0 Å². The fourth-order valence-electron chi connectivity index (χ4n) is 3.71. The van der Waals surface area contributed by atoms with Gasteiger partial charge in [0.05, 0.1) is 6.07 Å². The van der Waals surface area contributed by atoms with E-state index in [0.29, 0.717) is 0 Å². The lowest BCUT2D eigenvalue weighted by Gasteiger charge is -2.49. The smallest absolute Gasteiger partial charge is 0.0653 e. The predicted octanol–water partition coefficient (Wildman–Crippen LogP) is 3.73. The Hall–Kier alpha value is -0.550. The second kappa shape index (κ2) is 3.72. The highest BCUT2D eigenvalue weighted by molar-refractivity contribution is 5.20. The summed E-state index contributed by atoms with van der Waals surface area (Å²) in [6.07, 6.45) is 0.944. The first kappa shape index (κ1) is 14.5. The fraction of sp³-hybridized carbons (Fsp3) is 0.933. The molecule has 2 atom stereocenters. The van der Waals surface area contributed by atoms with Gasteiger partial charge in [0.25, 0.3) is 0 Å². The molecule has 1 saturated heterocycles. The quantitative estimate of drug-likeness (QED) is 0.793. The third kappa shape index (κ3) is 1.80. The topological polar surface area (TPSA) is 35.8 Å². The monoisotopic (exact) mass is 236 g/mol. The van der Waals surface area contributed by atoms with E-state index in [1.165, 1.54) is 0 Å². The molecule has 1 rings (SSSR count). The molecule has 1 aliphatic rings. The Morgan fingerprint density at radius 3 is 1.76 bits per heavy atom. The van der Waals surface area contributed by atoms with E-state index in [1.54, 1.807) is 0 Å². The van der Waals surface area contributed by atoms with Crippen molar-refractivity contribution in [3.63, 3.8) is 0 Å². The van der Waals surface area contributed by atoms with Crippen LogP contribution in [0.4, 0.5) is 0 Å². The second-order valence-corrected chi connectivity index (χ2v) is 7.57. The molecule has 0 aliphatic carbocycles. The third-order valence-electron chi connectivity index (χ3n) is 5.88. The first-order valence-corrected chi connectivity index (χ1v) is 6.60. The Balaban J connectivity index is 3.24. The van der Waals surface area contributed by atoms with Crippen LogP contribution < -0.4 is 5.32 Å². The van der Waals surface area contributed by atoms with Crippen molar-refractivity contribution in [2.45, 2.75) is 72.9 Å². The van der Waals surface area contributed by atoms with Crippen molar-refractivity contribution in [1.29, 1.82) is 5.26 Å². The number of rotatable bonds is 2. The summed E-state index contributed by atoms with van der Waals surface area (Å²) in [6.45, 7) is 18.1. The van der Waals surface area contributed by atoms with Gasteiger partial charge in [-0.1, -0.05) is 20.8 Å². The Kier molecular flexibility index (Phi) is 3.17. The van der Waals surface area contributed by atoms with Crippen LogP contribution in [0.2, 0.25) is 0 Å². The highest BCUT2D eigenvalue weighted by Gasteiger charge is 2.64. The lowest BCUT2D eigenvalue weighted by atomic mass is 9.54. The number of nitrogens with zero attached hydrogens (tertiary/aromatic N) is 1. The maximum Gasteiger partial charge on any atom is 0.0653 e. The van der Waals surface area contributed by atoms with E-state index in [-0.39, 0.29) is 27.8 Å². The van der Waals surface area contributed by atoms with Crippen LogP contribution in [0.15, 0.2) is 0 Å². The van der Waals surface area contributed by atoms with Crippen LogP contribution in [0.1, 0.15) is 61.8 Å². The molecule has 0 aromatic heterocycles. The average Bonchev–Trinajstić information content (AvgIpc) is 2.22. The highest BCUT2D eigenvalue weighted by atomic mass is 15.1. The van der Waals surface area contributed by atoms with Crippen LogP contribution in [0.25, 0.3) is 0 Å². The van der Waals surface area contributed by atoms with E-state index in [0.717, 1.165) is 6.42 Å². The van der Waals surface area contributed by atoms with Crippen molar-refractivity contribution in [1.82, 2.24) is 5.32 Å². The standard InChI is InChI=1S/C15H28N2/c1-11(10-16)9-15(8)12(2,3)13(4,5)17-14(15,6)7/h11,17H,9H2,1-8H3. The molecular formula is C15H28N2. The summed E-state index contributed by atoms with van der Waals surface area (Å²) in [6, 6.07) is 2.39. The number of nitriles is 1. The van der Waals surface area contributed by atoms with Gasteiger partial charge in [0.1, 0.15) is 0 Å². The summed E-state index contributed by atoms with van der Waals surface area (Å²) >= 11 is 0.